The highest BCUT2D eigenvalue weighted by atomic mass is 16.5. The largest absolute Gasteiger partial charge is 0.507 e. The molecule has 0 saturated carbocycles. The summed E-state index contributed by atoms with van der Waals surface area (Å²) in [5.41, 5.74) is 1.20. The molecule has 0 spiro atoms. The van der Waals surface area contributed by atoms with Crippen molar-refractivity contribution in [1.82, 2.24) is 0 Å². The Hall–Kier alpha value is -4.01. The summed E-state index contributed by atoms with van der Waals surface area (Å²) < 4.78 is 27.8. The van der Waals surface area contributed by atoms with E-state index >= 15 is 0 Å². The van der Waals surface area contributed by atoms with Crippen LogP contribution in [0.1, 0.15) is 84.8 Å². The van der Waals surface area contributed by atoms with Crippen molar-refractivity contribution >= 4 is 23.8 Å². The van der Waals surface area contributed by atoms with Crippen LogP contribution in [0, 0.1) is 0 Å². The summed E-state index contributed by atoms with van der Waals surface area (Å²) >= 11 is 0. The number of ether oxygens (including phenoxy) is 5. The summed E-state index contributed by atoms with van der Waals surface area (Å²) in [6.45, 7) is 1.76. The molecule has 9 nitrogen and oxygen atoms in total. The number of rotatable bonds is 4. The predicted molar refractivity (Wildman–Crippen MR) is 143 cm³/mol. The number of ketones is 1. The van der Waals surface area contributed by atoms with Crippen molar-refractivity contribution in [3.63, 3.8) is 0 Å². The van der Waals surface area contributed by atoms with Crippen LogP contribution in [-0.4, -0.2) is 50.3 Å². The Balaban J connectivity index is 1.87. The summed E-state index contributed by atoms with van der Waals surface area (Å²) in [6, 6.07) is 5.00. The maximum atomic E-state index is 13.4. The molecule has 0 fully saturated rings. The van der Waals surface area contributed by atoms with Crippen LogP contribution in [0.25, 0.3) is 6.08 Å². The van der Waals surface area contributed by atoms with E-state index in [0.29, 0.717) is 66.9 Å². The van der Waals surface area contributed by atoms with Gasteiger partial charge < -0.3 is 28.8 Å². The van der Waals surface area contributed by atoms with Crippen molar-refractivity contribution in [2.45, 2.75) is 63.9 Å². The van der Waals surface area contributed by atoms with Crippen molar-refractivity contribution in [1.29, 1.82) is 0 Å². The Morgan fingerprint density at radius 3 is 2.44 bits per heavy atom. The van der Waals surface area contributed by atoms with Gasteiger partial charge in [-0.05, 0) is 50.3 Å². The lowest BCUT2D eigenvalue weighted by Crippen LogP contribution is -2.23. The van der Waals surface area contributed by atoms with E-state index in [9.17, 15) is 19.5 Å². The smallest absolute Gasteiger partial charge is 0.342 e. The fourth-order valence-corrected chi connectivity index (χ4v) is 5.18. The summed E-state index contributed by atoms with van der Waals surface area (Å²) in [4.78, 5) is 38.2. The second kappa shape index (κ2) is 12.2. The van der Waals surface area contributed by atoms with Crippen LogP contribution in [-0.2, 0) is 14.3 Å². The molecule has 2 aromatic rings. The normalized spacial score (nSPS) is 20.2. The number of allylic oxidation sites excluding steroid dienone is 1. The van der Waals surface area contributed by atoms with Crippen molar-refractivity contribution in [3.8, 4) is 28.7 Å². The first-order valence-electron chi connectivity index (χ1n) is 13.1. The number of hydrogen-bond acceptors (Lipinski definition) is 9. The first-order chi connectivity index (χ1) is 18.8. The second-order valence-electron chi connectivity index (χ2n) is 9.70. The molecule has 0 radical (unpaired) electrons. The second-order valence-corrected chi connectivity index (χ2v) is 9.70. The molecule has 9 heteroatoms. The molecule has 39 heavy (non-hydrogen) atoms. The molecule has 4 rings (SSSR count). The van der Waals surface area contributed by atoms with Crippen LogP contribution in [0.4, 0.5) is 0 Å². The molecule has 0 bridgehead atoms. The zero-order valence-corrected chi connectivity index (χ0v) is 22.7. The number of phenolic OH excluding ortho intramolecular Hbond substituents is 1. The zero-order chi connectivity index (χ0) is 28.1. The minimum absolute atomic E-state index is 0.00706. The van der Waals surface area contributed by atoms with E-state index in [-0.39, 0.29) is 34.8 Å². The van der Waals surface area contributed by atoms with Crippen molar-refractivity contribution in [2.24, 2.45) is 0 Å². The third-order valence-corrected chi connectivity index (χ3v) is 7.09. The van der Waals surface area contributed by atoms with Crippen LogP contribution in [0.3, 0.4) is 0 Å². The number of cyclic esters (lactones) is 1. The first-order valence-corrected chi connectivity index (χ1v) is 13.1. The van der Waals surface area contributed by atoms with Gasteiger partial charge in [-0.15, -0.1) is 0 Å². The average molecular weight is 539 g/mol. The number of phenols is 1. The number of fused-ring (bicyclic) bond motifs is 2. The molecule has 0 saturated heterocycles. The minimum atomic E-state index is -0.699. The Morgan fingerprint density at radius 1 is 0.974 bits per heavy atom. The lowest BCUT2D eigenvalue weighted by Gasteiger charge is -2.29. The van der Waals surface area contributed by atoms with Gasteiger partial charge in [0, 0.05) is 29.9 Å². The lowest BCUT2D eigenvalue weighted by molar-refractivity contribution is -0.135. The molecule has 1 N–H and O–H groups in total. The van der Waals surface area contributed by atoms with Crippen LogP contribution >= 0.6 is 0 Å². The number of esters is 2. The third kappa shape index (κ3) is 5.87. The highest BCUT2D eigenvalue weighted by Gasteiger charge is 2.37. The molecule has 208 valence electrons. The molecule has 0 unspecified atom stereocenters. The monoisotopic (exact) mass is 538 g/mol. The topological polar surface area (TPSA) is 118 Å². The summed E-state index contributed by atoms with van der Waals surface area (Å²) in [5, 5.41) is 11.6. The van der Waals surface area contributed by atoms with E-state index in [4.69, 9.17) is 23.7 Å². The van der Waals surface area contributed by atoms with E-state index in [1.54, 1.807) is 31.2 Å². The number of carbonyl (C=O) groups is 3. The van der Waals surface area contributed by atoms with Gasteiger partial charge in [-0.3, -0.25) is 9.59 Å². The summed E-state index contributed by atoms with van der Waals surface area (Å²) in [6.07, 6.45) is 6.32. The maximum absolute atomic E-state index is 13.4. The van der Waals surface area contributed by atoms with Gasteiger partial charge in [0.2, 0.25) is 5.75 Å². The van der Waals surface area contributed by atoms with E-state index < -0.39 is 24.0 Å². The van der Waals surface area contributed by atoms with E-state index in [1.807, 2.05) is 6.08 Å². The Labute approximate surface area is 227 Å². The number of carbonyl (C=O) groups excluding carboxylic acids is 3. The zero-order valence-electron chi connectivity index (χ0n) is 22.7. The van der Waals surface area contributed by atoms with Gasteiger partial charge in [0.1, 0.15) is 22.8 Å². The van der Waals surface area contributed by atoms with Crippen LogP contribution in [0.15, 0.2) is 24.3 Å². The third-order valence-electron chi connectivity index (χ3n) is 7.09. The average Bonchev–Trinajstić information content (AvgIpc) is 2.90. The van der Waals surface area contributed by atoms with Crippen molar-refractivity contribution in [2.75, 3.05) is 21.3 Å². The maximum Gasteiger partial charge on any atom is 0.342 e. The molecule has 2 aliphatic heterocycles. The van der Waals surface area contributed by atoms with Gasteiger partial charge in [-0.1, -0.05) is 18.2 Å². The molecule has 0 aromatic heterocycles. The molecule has 0 amide bonds. The number of methoxy groups -OCH3 is 3. The van der Waals surface area contributed by atoms with Crippen LogP contribution in [0.2, 0.25) is 0 Å². The van der Waals surface area contributed by atoms with Gasteiger partial charge in [-0.2, -0.15) is 0 Å². The Morgan fingerprint density at radius 2 is 1.72 bits per heavy atom. The summed E-state index contributed by atoms with van der Waals surface area (Å²) in [5.74, 6) is -0.757. The molecular formula is C30H34O9. The van der Waals surface area contributed by atoms with Crippen LogP contribution < -0.4 is 18.9 Å². The molecular weight excluding hydrogens is 504 g/mol. The Kier molecular flexibility index (Phi) is 8.79. The molecule has 2 heterocycles. The molecule has 2 aliphatic rings. The highest BCUT2D eigenvalue weighted by molar-refractivity contribution is 5.98. The van der Waals surface area contributed by atoms with Gasteiger partial charge in [0.05, 0.1) is 33.9 Å². The van der Waals surface area contributed by atoms with Gasteiger partial charge in [-0.25, -0.2) is 4.79 Å². The molecule has 0 aliphatic carbocycles. The van der Waals surface area contributed by atoms with E-state index in [1.165, 1.54) is 21.3 Å². The predicted octanol–water partition coefficient (Wildman–Crippen LogP) is 5.34. The fraction of sp³-hybridized carbons (Fsp3) is 0.433. The number of Topliss-reactive ketones (excluding diaryl/α,β-unsaturated/α-hetero) is 1. The fourth-order valence-electron chi connectivity index (χ4n) is 5.18. The number of benzene rings is 2. The lowest BCUT2D eigenvalue weighted by atomic mass is 9.83. The van der Waals surface area contributed by atoms with Crippen LogP contribution in [0.5, 0.6) is 28.7 Å². The minimum Gasteiger partial charge on any atom is -0.507 e. The highest BCUT2D eigenvalue weighted by Crippen LogP contribution is 2.52. The first kappa shape index (κ1) is 28.0. The standard InChI is InChI=1S/C30H34O9/c1-17-9-8-12-19(31)11-7-5-6-10-18-15-23-26(27(33)25(18)30(34)38-17)21(16-24(32)39-23)20-13-14-22(35-2)29(37-4)28(20)36-3/h6,10,13-15,17,21,33H,5,7-9,11-12,16H2,1-4H3/t17-,21-/m0/s1. The molecule has 2 aromatic carbocycles. The van der Waals surface area contributed by atoms with Crippen molar-refractivity contribution in [3.05, 3.63) is 46.5 Å². The Bertz CT molecular complexity index is 1290. The van der Waals surface area contributed by atoms with Gasteiger partial charge in [0.15, 0.2) is 11.5 Å². The van der Waals surface area contributed by atoms with Gasteiger partial charge >= 0.3 is 11.9 Å². The van der Waals surface area contributed by atoms with E-state index in [0.717, 1.165) is 0 Å². The number of hydrogen-bond donors (Lipinski definition) is 1. The quantitative estimate of drug-likeness (QED) is 0.406. The van der Waals surface area contributed by atoms with Crippen molar-refractivity contribution < 1.29 is 43.2 Å². The van der Waals surface area contributed by atoms with Gasteiger partial charge in [0.25, 0.3) is 0 Å². The number of aromatic hydroxyl groups is 1. The molecule has 2 atom stereocenters. The SMILES string of the molecule is COc1ccc([C@@H]2CC(=O)Oc3cc4c(c(O)c32)C(=O)O[C@@H](C)CCCC(=O)CCCC=C4)c(OC)c1OC. The van der Waals surface area contributed by atoms with E-state index in [2.05, 4.69) is 0 Å². The summed E-state index contributed by atoms with van der Waals surface area (Å²) in [7, 11) is 4.46.